The molecule has 0 saturated carbocycles. The van der Waals surface area contributed by atoms with Gasteiger partial charge in [-0.05, 0) is 19.9 Å². The van der Waals surface area contributed by atoms with Crippen molar-refractivity contribution in [1.82, 2.24) is 5.32 Å². The fraction of sp³-hybridized carbons (Fsp3) is 0.364. The third-order valence-electron chi connectivity index (χ3n) is 2.41. The van der Waals surface area contributed by atoms with Crippen LogP contribution in [0.4, 0.5) is 0 Å². The van der Waals surface area contributed by atoms with E-state index < -0.39 is 11.9 Å². The van der Waals surface area contributed by atoms with Gasteiger partial charge in [0.15, 0.2) is 0 Å². The summed E-state index contributed by atoms with van der Waals surface area (Å²) in [4.78, 5) is 10.9. The molecule has 2 atom stereocenters. The summed E-state index contributed by atoms with van der Waals surface area (Å²) < 4.78 is 0. The molecule has 0 bridgehead atoms. The number of phenolic OH excluding ortho intramolecular Hbond substituents is 2. The molecule has 1 amide bonds. The number of hydrogen-bond donors (Lipinski definition) is 4. The molecule has 1 aromatic rings. The monoisotopic (exact) mass is 224 g/mol. The highest BCUT2D eigenvalue weighted by molar-refractivity contribution is 5.79. The van der Waals surface area contributed by atoms with Crippen LogP contribution in [0.1, 0.15) is 25.5 Å². The fourth-order valence-electron chi connectivity index (χ4n) is 1.45. The van der Waals surface area contributed by atoms with Crippen molar-refractivity contribution in [2.75, 3.05) is 0 Å². The van der Waals surface area contributed by atoms with Crippen molar-refractivity contribution in [3.8, 4) is 11.5 Å². The molecule has 1 rings (SSSR count). The molecule has 0 fully saturated rings. The highest BCUT2D eigenvalue weighted by Gasteiger charge is 2.16. The number of nitrogens with two attached hydrogens (primary N) is 1. The first-order valence-corrected chi connectivity index (χ1v) is 4.99. The molecule has 0 aliphatic heterocycles. The van der Waals surface area contributed by atoms with E-state index in [0.717, 1.165) is 0 Å². The van der Waals surface area contributed by atoms with Gasteiger partial charge in [0.2, 0.25) is 5.91 Å². The van der Waals surface area contributed by atoms with Gasteiger partial charge in [-0.2, -0.15) is 0 Å². The van der Waals surface area contributed by atoms with E-state index in [4.69, 9.17) is 10.8 Å². The number of benzene rings is 1. The molecule has 1 aromatic carbocycles. The summed E-state index contributed by atoms with van der Waals surface area (Å²) in [5.41, 5.74) is 5.72. The summed E-state index contributed by atoms with van der Waals surface area (Å²) in [6.07, 6.45) is 0. The van der Waals surface area contributed by atoms with Crippen LogP contribution in [-0.2, 0) is 4.79 Å². The van der Waals surface area contributed by atoms with Crippen LogP contribution in [0.3, 0.4) is 0 Å². The Morgan fingerprint density at radius 3 is 2.50 bits per heavy atom. The molecule has 0 saturated heterocycles. The number of nitrogens with one attached hydrogen (secondary N) is 1. The zero-order valence-electron chi connectivity index (χ0n) is 9.27. The van der Waals surface area contributed by atoms with Crippen LogP contribution in [-0.4, -0.2) is 22.2 Å². The molecule has 0 aliphatic rings. The number of primary amides is 1. The molecule has 0 spiro atoms. The smallest absolute Gasteiger partial charge is 0.234 e. The average molecular weight is 224 g/mol. The highest BCUT2D eigenvalue weighted by Crippen LogP contribution is 2.27. The lowest BCUT2D eigenvalue weighted by molar-refractivity contribution is -0.119. The van der Waals surface area contributed by atoms with Crippen LogP contribution in [0.25, 0.3) is 0 Å². The Labute approximate surface area is 93.9 Å². The van der Waals surface area contributed by atoms with E-state index in [0.29, 0.717) is 5.56 Å². The predicted molar refractivity (Wildman–Crippen MR) is 60.0 cm³/mol. The standard InChI is InChI=1S/C11H16N2O3/c1-6(13-7(2)11(12)16)9-4-3-8(14)5-10(9)15/h3-7,13-15H,1-2H3,(H2,12,16). The van der Waals surface area contributed by atoms with Gasteiger partial charge in [-0.1, -0.05) is 6.07 Å². The summed E-state index contributed by atoms with van der Waals surface area (Å²) in [5.74, 6) is -0.474. The van der Waals surface area contributed by atoms with Crippen LogP contribution < -0.4 is 11.1 Å². The van der Waals surface area contributed by atoms with Gasteiger partial charge in [0.1, 0.15) is 11.5 Å². The third-order valence-corrected chi connectivity index (χ3v) is 2.41. The van der Waals surface area contributed by atoms with Crippen molar-refractivity contribution in [3.63, 3.8) is 0 Å². The minimum Gasteiger partial charge on any atom is -0.508 e. The molecule has 88 valence electrons. The molecule has 2 unspecified atom stereocenters. The second-order valence-corrected chi connectivity index (χ2v) is 3.76. The minimum absolute atomic E-state index is 0.00333. The van der Waals surface area contributed by atoms with Crippen LogP contribution in [0.15, 0.2) is 18.2 Å². The largest absolute Gasteiger partial charge is 0.508 e. The van der Waals surface area contributed by atoms with Crippen molar-refractivity contribution in [2.24, 2.45) is 5.73 Å². The summed E-state index contributed by atoms with van der Waals surface area (Å²) in [7, 11) is 0. The van der Waals surface area contributed by atoms with Crippen molar-refractivity contribution in [2.45, 2.75) is 25.9 Å². The maximum absolute atomic E-state index is 10.9. The van der Waals surface area contributed by atoms with Gasteiger partial charge in [0, 0.05) is 17.7 Å². The quantitative estimate of drug-likeness (QED) is 0.603. The second-order valence-electron chi connectivity index (χ2n) is 3.76. The van der Waals surface area contributed by atoms with Crippen molar-refractivity contribution in [3.05, 3.63) is 23.8 Å². The molecule has 16 heavy (non-hydrogen) atoms. The Kier molecular flexibility index (Phi) is 3.73. The van der Waals surface area contributed by atoms with E-state index in [9.17, 15) is 9.90 Å². The molecular formula is C11H16N2O3. The Balaban J connectivity index is 2.80. The molecule has 5 heteroatoms. The normalized spacial score (nSPS) is 14.4. The predicted octanol–water partition coefficient (Wildman–Crippen LogP) is 0.622. The number of amides is 1. The molecule has 5 nitrogen and oxygen atoms in total. The van der Waals surface area contributed by atoms with Crippen LogP contribution in [0.2, 0.25) is 0 Å². The first kappa shape index (κ1) is 12.3. The van der Waals surface area contributed by atoms with E-state index in [1.54, 1.807) is 19.9 Å². The van der Waals surface area contributed by atoms with Gasteiger partial charge in [0.25, 0.3) is 0 Å². The maximum Gasteiger partial charge on any atom is 0.234 e. The van der Waals surface area contributed by atoms with Gasteiger partial charge in [0.05, 0.1) is 6.04 Å². The zero-order valence-corrected chi connectivity index (χ0v) is 9.27. The van der Waals surface area contributed by atoms with Crippen LogP contribution >= 0.6 is 0 Å². The van der Waals surface area contributed by atoms with Crippen LogP contribution in [0.5, 0.6) is 11.5 Å². The SMILES string of the molecule is CC(NC(C)c1ccc(O)cc1O)C(N)=O. The topological polar surface area (TPSA) is 95.6 Å². The third kappa shape index (κ3) is 2.87. The van der Waals surface area contributed by atoms with E-state index in [1.165, 1.54) is 12.1 Å². The zero-order chi connectivity index (χ0) is 12.3. The van der Waals surface area contributed by atoms with E-state index in [2.05, 4.69) is 5.32 Å². The Morgan fingerprint density at radius 1 is 1.38 bits per heavy atom. The van der Waals surface area contributed by atoms with Gasteiger partial charge < -0.3 is 15.9 Å². The summed E-state index contributed by atoms with van der Waals surface area (Å²) in [6.45, 7) is 3.45. The molecule has 0 heterocycles. The lowest BCUT2D eigenvalue weighted by Crippen LogP contribution is -2.40. The summed E-state index contributed by atoms with van der Waals surface area (Å²) in [5, 5.41) is 21.7. The van der Waals surface area contributed by atoms with Crippen molar-refractivity contribution >= 4 is 5.91 Å². The maximum atomic E-state index is 10.9. The highest BCUT2D eigenvalue weighted by atomic mass is 16.3. The van der Waals surface area contributed by atoms with Gasteiger partial charge >= 0.3 is 0 Å². The molecule has 5 N–H and O–H groups in total. The lowest BCUT2D eigenvalue weighted by atomic mass is 10.1. The average Bonchev–Trinajstić information content (AvgIpc) is 2.16. The Hall–Kier alpha value is -1.75. The van der Waals surface area contributed by atoms with E-state index in [-0.39, 0.29) is 17.5 Å². The molecule has 0 radical (unpaired) electrons. The van der Waals surface area contributed by atoms with Gasteiger partial charge in [-0.25, -0.2) is 0 Å². The molecule has 0 aromatic heterocycles. The van der Waals surface area contributed by atoms with Crippen molar-refractivity contribution in [1.29, 1.82) is 0 Å². The number of carbonyl (C=O) groups excluding carboxylic acids is 1. The Morgan fingerprint density at radius 2 is 2.00 bits per heavy atom. The summed E-state index contributed by atoms with van der Waals surface area (Å²) >= 11 is 0. The van der Waals surface area contributed by atoms with Crippen LogP contribution in [0, 0.1) is 0 Å². The minimum atomic E-state index is -0.483. The number of rotatable bonds is 4. The van der Waals surface area contributed by atoms with Gasteiger partial charge in [-0.3, -0.25) is 10.1 Å². The first-order chi connectivity index (χ1) is 7.41. The van der Waals surface area contributed by atoms with E-state index in [1.807, 2.05) is 0 Å². The van der Waals surface area contributed by atoms with Gasteiger partial charge in [-0.15, -0.1) is 0 Å². The number of aromatic hydroxyl groups is 2. The van der Waals surface area contributed by atoms with Crippen molar-refractivity contribution < 1.29 is 15.0 Å². The van der Waals surface area contributed by atoms with E-state index >= 15 is 0 Å². The number of hydrogen-bond acceptors (Lipinski definition) is 4. The fourth-order valence-corrected chi connectivity index (χ4v) is 1.45. The molecular weight excluding hydrogens is 208 g/mol. The first-order valence-electron chi connectivity index (χ1n) is 4.99. The summed E-state index contributed by atoms with van der Waals surface area (Å²) in [6, 6.07) is 3.60. The number of phenols is 2. The Bertz CT molecular complexity index is 393. The lowest BCUT2D eigenvalue weighted by Gasteiger charge is -2.19. The second kappa shape index (κ2) is 4.85. The molecule has 0 aliphatic carbocycles. The number of carbonyl (C=O) groups is 1.